The van der Waals surface area contributed by atoms with E-state index in [1.54, 1.807) is 6.07 Å². The molecule has 1 aromatic rings. The van der Waals surface area contributed by atoms with Crippen molar-refractivity contribution < 1.29 is 15.0 Å². The summed E-state index contributed by atoms with van der Waals surface area (Å²) in [7, 11) is 0. The van der Waals surface area contributed by atoms with Crippen LogP contribution in [0.5, 0.6) is 11.5 Å². The quantitative estimate of drug-likeness (QED) is 0.120. The molecule has 4 heteroatoms. The van der Waals surface area contributed by atoms with Gasteiger partial charge in [0.15, 0.2) is 11.5 Å². The summed E-state index contributed by atoms with van der Waals surface area (Å²) in [5, 5.41) is 21.7. The van der Waals surface area contributed by atoms with Crippen LogP contribution in [0.4, 0.5) is 0 Å². The lowest BCUT2D eigenvalue weighted by atomic mass is 10.1. The summed E-state index contributed by atoms with van der Waals surface area (Å²) < 4.78 is 0. The van der Waals surface area contributed by atoms with Gasteiger partial charge < -0.3 is 15.5 Å². The van der Waals surface area contributed by atoms with E-state index in [0.717, 1.165) is 63.4 Å². The summed E-state index contributed by atoms with van der Waals surface area (Å²) in [5.74, 6) is -0.188. The van der Waals surface area contributed by atoms with Crippen molar-refractivity contribution in [1.82, 2.24) is 5.32 Å². The number of aromatic hydroxyl groups is 2. The molecule has 0 saturated carbocycles. The fraction of sp³-hybridized carbons (Fsp3) is 0.433. The molecule has 0 saturated heterocycles. The van der Waals surface area contributed by atoms with E-state index in [2.05, 4.69) is 73.0 Å². The summed E-state index contributed by atoms with van der Waals surface area (Å²) in [5.41, 5.74) is 0.882. The SMILES string of the molecule is CC/C=C\C/C=C\C/C=C\C/C=C\C/C=C\CCCCCC(=O)NCCc1ccc(O)c(O)c1. The molecular weight excluding hydrogens is 422 g/mol. The van der Waals surface area contributed by atoms with Crippen LogP contribution in [0.3, 0.4) is 0 Å². The van der Waals surface area contributed by atoms with E-state index in [9.17, 15) is 15.0 Å². The summed E-state index contributed by atoms with van der Waals surface area (Å²) in [4.78, 5) is 11.9. The lowest BCUT2D eigenvalue weighted by Crippen LogP contribution is -2.25. The minimum Gasteiger partial charge on any atom is -0.504 e. The van der Waals surface area contributed by atoms with E-state index in [1.165, 1.54) is 12.1 Å². The van der Waals surface area contributed by atoms with Gasteiger partial charge in [-0.25, -0.2) is 0 Å². The third-order valence-corrected chi connectivity index (χ3v) is 5.21. The first-order valence-electron chi connectivity index (χ1n) is 12.7. The van der Waals surface area contributed by atoms with Gasteiger partial charge in [0.25, 0.3) is 0 Å². The molecule has 0 aromatic heterocycles. The van der Waals surface area contributed by atoms with Crippen molar-refractivity contribution in [2.24, 2.45) is 0 Å². The molecule has 0 radical (unpaired) electrons. The van der Waals surface area contributed by atoms with Gasteiger partial charge in [-0.05, 0) is 75.5 Å². The minimum absolute atomic E-state index is 0.0675. The molecule has 0 unspecified atom stereocenters. The van der Waals surface area contributed by atoms with E-state index in [1.807, 2.05) is 0 Å². The Labute approximate surface area is 206 Å². The number of nitrogens with one attached hydrogen (secondary N) is 1. The molecule has 1 aromatic carbocycles. The van der Waals surface area contributed by atoms with Crippen LogP contribution in [0.2, 0.25) is 0 Å². The molecule has 0 atom stereocenters. The molecule has 3 N–H and O–H groups in total. The fourth-order valence-corrected chi connectivity index (χ4v) is 3.25. The van der Waals surface area contributed by atoms with Crippen LogP contribution in [-0.2, 0) is 11.2 Å². The highest BCUT2D eigenvalue weighted by Crippen LogP contribution is 2.24. The average Bonchev–Trinajstić information content (AvgIpc) is 2.83. The van der Waals surface area contributed by atoms with Crippen LogP contribution in [0.1, 0.15) is 76.7 Å². The number of rotatable bonds is 18. The first-order chi connectivity index (χ1) is 16.6. The predicted octanol–water partition coefficient (Wildman–Crippen LogP) is 7.46. The Morgan fingerprint density at radius 3 is 1.94 bits per heavy atom. The van der Waals surface area contributed by atoms with Crippen molar-refractivity contribution in [3.8, 4) is 11.5 Å². The molecule has 0 bridgehead atoms. The highest BCUT2D eigenvalue weighted by molar-refractivity contribution is 5.75. The summed E-state index contributed by atoms with van der Waals surface area (Å²) in [6.07, 6.45) is 32.5. The largest absolute Gasteiger partial charge is 0.504 e. The lowest BCUT2D eigenvalue weighted by molar-refractivity contribution is -0.121. The third-order valence-electron chi connectivity index (χ3n) is 5.21. The molecule has 0 aliphatic carbocycles. The van der Waals surface area contributed by atoms with Crippen LogP contribution < -0.4 is 5.32 Å². The smallest absolute Gasteiger partial charge is 0.220 e. The molecule has 0 heterocycles. The number of amides is 1. The van der Waals surface area contributed by atoms with Crippen molar-refractivity contribution in [2.45, 2.75) is 77.6 Å². The zero-order chi connectivity index (χ0) is 24.7. The van der Waals surface area contributed by atoms with E-state index >= 15 is 0 Å². The molecule has 0 aliphatic rings. The molecular formula is C30H43NO3. The zero-order valence-corrected chi connectivity index (χ0v) is 20.8. The molecule has 0 aliphatic heterocycles. The van der Waals surface area contributed by atoms with Gasteiger partial charge in [0.05, 0.1) is 0 Å². The summed E-state index contributed by atoms with van der Waals surface area (Å²) >= 11 is 0. The monoisotopic (exact) mass is 465 g/mol. The maximum Gasteiger partial charge on any atom is 0.220 e. The van der Waals surface area contributed by atoms with Crippen molar-refractivity contribution >= 4 is 5.91 Å². The van der Waals surface area contributed by atoms with Gasteiger partial charge in [0.1, 0.15) is 0 Å². The van der Waals surface area contributed by atoms with Crippen LogP contribution >= 0.6 is 0 Å². The van der Waals surface area contributed by atoms with E-state index in [4.69, 9.17) is 0 Å². The van der Waals surface area contributed by atoms with Gasteiger partial charge in [0.2, 0.25) is 5.91 Å². The number of hydrogen-bond donors (Lipinski definition) is 3. The Morgan fingerprint density at radius 2 is 1.35 bits per heavy atom. The predicted molar refractivity (Wildman–Crippen MR) is 144 cm³/mol. The van der Waals surface area contributed by atoms with Crippen LogP contribution in [0.15, 0.2) is 79.0 Å². The van der Waals surface area contributed by atoms with Gasteiger partial charge in [-0.3, -0.25) is 4.79 Å². The maximum absolute atomic E-state index is 11.9. The Morgan fingerprint density at radius 1 is 0.765 bits per heavy atom. The number of allylic oxidation sites excluding steroid dienone is 10. The molecule has 1 rings (SSSR count). The van der Waals surface area contributed by atoms with Crippen LogP contribution in [-0.4, -0.2) is 22.7 Å². The van der Waals surface area contributed by atoms with Gasteiger partial charge >= 0.3 is 0 Å². The second-order valence-electron chi connectivity index (χ2n) is 8.23. The third kappa shape index (κ3) is 16.6. The number of phenolic OH excluding ortho intramolecular Hbond substituents is 2. The Bertz CT molecular complexity index is 818. The number of carbonyl (C=O) groups excluding carboxylic acids is 1. The minimum atomic E-state index is -0.128. The number of benzene rings is 1. The molecule has 0 fully saturated rings. The Kier molecular flexibility index (Phi) is 17.6. The summed E-state index contributed by atoms with van der Waals surface area (Å²) in [6, 6.07) is 4.73. The first-order valence-corrected chi connectivity index (χ1v) is 12.7. The van der Waals surface area contributed by atoms with Gasteiger partial charge in [-0.2, -0.15) is 0 Å². The van der Waals surface area contributed by atoms with E-state index in [0.29, 0.717) is 19.4 Å². The standard InChI is InChI=1S/C30H43NO3/c1-2-3-4-5-6-7-8-9-10-11-12-13-14-15-16-17-18-19-20-21-30(34)31-25-24-27-22-23-28(32)29(33)26-27/h3-4,6-7,9-10,12-13,15-16,22-23,26,32-33H,2,5,8,11,14,17-21,24-25H2,1H3,(H,31,34)/b4-3-,7-6-,10-9-,13-12-,16-15-. The highest BCUT2D eigenvalue weighted by Gasteiger charge is 2.03. The molecule has 34 heavy (non-hydrogen) atoms. The van der Waals surface area contributed by atoms with Gasteiger partial charge in [0, 0.05) is 13.0 Å². The van der Waals surface area contributed by atoms with E-state index in [-0.39, 0.29) is 17.4 Å². The van der Waals surface area contributed by atoms with Crippen LogP contribution in [0, 0.1) is 0 Å². The van der Waals surface area contributed by atoms with Crippen molar-refractivity contribution in [1.29, 1.82) is 0 Å². The maximum atomic E-state index is 11.9. The van der Waals surface area contributed by atoms with Gasteiger partial charge in [-0.1, -0.05) is 80.2 Å². The second-order valence-corrected chi connectivity index (χ2v) is 8.23. The normalized spacial score (nSPS) is 12.3. The molecule has 4 nitrogen and oxygen atoms in total. The van der Waals surface area contributed by atoms with E-state index < -0.39 is 0 Å². The molecule has 0 spiro atoms. The van der Waals surface area contributed by atoms with Crippen molar-refractivity contribution in [2.75, 3.05) is 6.54 Å². The topological polar surface area (TPSA) is 69.6 Å². The molecule has 1 amide bonds. The molecule has 186 valence electrons. The Balaban J connectivity index is 1.94. The van der Waals surface area contributed by atoms with Crippen LogP contribution in [0.25, 0.3) is 0 Å². The first kappa shape index (κ1) is 29.0. The highest BCUT2D eigenvalue weighted by atomic mass is 16.3. The van der Waals surface area contributed by atoms with Gasteiger partial charge in [-0.15, -0.1) is 0 Å². The number of hydrogen-bond acceptors (Lipinski definition) is 3. The zero-order valence-electron chi connectivity index (χ0n) is 20.8. The number of phenols is 2. The second kappa shape index (κ2) is 20.6. The fourth-order valence-electron chi connectivity index (χ4n) is 3.25. The van der Waals surface area contributed by atoms with Crippen molar-refractivity contribution in [3.05, 3.63) is 84.5 Å². The average molecular weight is 466 g/mol. The van der Waals surface area contributed by atoms with Crippen molar-refractivity contribution in [3.63, 3.8) is 0 Å². The lowest BCUT2D eigenvalue weighted by Gasteiger charge is -2.06. The Hall–Kier alpha value is -3.01. The summed E-state index contributed by atoms with van der Waals surface area (Å²) in [6.45, 7) is 2.68. The number of unbranched alkanes of at least 4 members (excludes halogenated alkanes) is 3. The number of carbonyl (C=O) groups is 1.